The van der Waals surface area contributed by atoms with Crippen LogP contribution in [0.3, 0.4) is 0 Å². The number of rotatable bonds is 2. The van der Waals surface area contributed by atoms with Gasteiger partial charge < -0.3 is 20.3 Å². The van der Waals surface area contributed by atoms with E-state index in [0.717, 1.165) is 44.5 Å². The van der Waals surface area contributed by atoms with Crippen LogP contribution in [-0.2, 0) is 26.3 Å². The number of amides is 2. The summed E-state index contributed by atoms with van der Waals surface area (Å²) >= 11 is 0. The molecule has 0 radical (unpaired) electrons. The zero-order valence-corrected chi connectivity index (χ0v) is 23.5. The molecule has 6 aliphatic heterocycles. The number of nitrogens with zero attached hydrogens (tertiary/aromatic N) is 3. The lowest BCUT2D eigenvalue weighted by molar-refractivity contribution is -0.172. The highest BCUT2D eigenvalue weighted by Crippen LogP contribution is 2.34. The van der Waals surface area contributed by atoms with Crippen molar-refractivity contribution in [2.75, 3.05) is 44.6 Å². The summed E-state index contributed by atoms with van der Waals surface area (Å²) in [5, 5.41) is 22.3. The zero-order chi connectivity index (χ0) is 27.4. The Morgan fingerprint density at radius 3 is 2.92 bits per heavy atom. The molecule has 0 saturated carbocycles. The highest BCUT2D eigenvalue weighted by atomic mass is 16.5. The summed E-state index contributed by atoms with van der Waals surface area (Å²) < 4.78 is 5.89. The van der Waals surface area contributed by atoms with Crippen molar-refractivity contribution in [3.05, 3.63) is 41.5 Å². The number of carbonyl (C=O) groups is 2. The Kier molecular flexibility index (Phi) is 6.84. The summed E-state index contributed by atoms with van der Waals surface area (Å²) in [5.74, 6) is 0.00711. The van der Waals surface area contributed by atoms with Gasteiger partial charge in [0.25, 0.3) is 0 Å². The van der Waals surface area contributed by atoms with Gasteiger partial charge >= 0.3 is 0 Å². The fraction of sp³-hybridized carbons (Fsp3) is 0.655. The Morgan fingerprint density at radius 2 is 2.02 bits per heavy atom. The molecule has 0 aromatic heterocycles. The van der Waals surface area contributed by atoms with E-state index in [1.165, 1.54) is 11.1 Å². The maximum absolute atomic E-state index is 13.7. The van der Waals surface area contributed by atoms with Crippen LogP contribution in [0.4, 0.5) is 5.69 Å². The Hall–Kier alpha value is -2.54. The lowest BCUT2D eigenvalue weighted by Gasteiger charge is -2.50. The first-order valence-corrected chi connectivity index (χ1v) is 14.9. The van der Waals surface area contributed by atoms with E-state index in [2.05, 4.69) is 75.8 Å². The first-order chi connectivity index (χ1) is 19.4. The van der Waals surface area contributed by atoms with Crippen molar-refractivity contribution in [1.82, 2.24) is 36.2 Å². The number of anilines is 1. The Balaban J connectivity index is 1.14. The minimum atomic E-state index is -0.193. The van der Waals surface area contributed by atoms with Crippen LogP contribution in [0.1, 0.15) is 44.2 Å². The number of hydrogen-bond donors (Lipinski definition) is 5. The molecule has 40 heavy (non-hydrogen) atoms. The first-order valence-electron chi connectivity index (χ1n) is 14.9. The monoisotopic (exact) mass is 550 g/mol. The average molecular weight is 551 g/mol. The standard InChI is InChI=1S/C29H42N8O3/c1-29(2)22-13-19(8-7-18(22)9-10-32-29)33-28-31-16-21-25(34-28)37-20-14-23-26(30-15-20)40-17-24(38)35(23)11-5-3-4-6-12-36(37)27(21)39/h4,6-8,13,20-21,23,25-26,28,30-34H,3,5,9-12,14-17H2,1-2H3/b6-4-. The Bertz CT molecular complexity index is 1190. The van der Waals surface area contributed by atoms with E-state index in [1.807, 2.05) is 9.91 Å². The molecule has 6 unspecified atom stereocenters. The van der Waals surface area contributed by atoms with Crippen LogP contribution in [-0.4, -0.2) is 96.8 Å². The molecule has 0 spiro atoms. The van der Waals surface area contributed by atoms with Crippen molar-refractivity contribution < 1.29 is 14.3 Å². The largest absolute Gasteiger partial charge is 0.358 e. The summed E-state index contributed by atoms with van der Waals surface area (Å²) in [7, 11) is 0. The molecule has 11 heteroatoms. The predicted octanol–water partition coefficient (Wildman–Crippen LogP) is 0.223. The van der Waals surface area contributed by atoms with E-state index in [1.54, 1.807) is 0 Å². The lowest BCUT2D eigenvalue weighted by atomic mass is 9.85. The fourth-order valence-corrected chi connectivity index (χ4v) is 7.51. The highest BCUT2D eigenvalue weighted by Gasteiger charge is 2.53. The Labute approximate surface area is 236 Å². The minimum Gasteiger partial charge on any atom is -0.358 e. The first kappa shape index (κ1) is 26.4. The van der Waals surface area contributed by atoms with E-state index >= 15 is 0 Å². The number of nitrogens with one attached hydrogen (secondary N) is 5. The van der Waals surface area contributed by atoms with Gasteiger partial charge in [-0.3, -0.25) is 30.5 Å². The van der Waals surface area contributed by atoms with Crippen molar-refractivity contribution in [2.24, 2.45) is 5.92 Å². The molecule has 6 aliphatic rings. The van der Waals surface area contributed by atoms with E-state index in [-0.39, 0.29) is 60.6 Å². The van der Waals surface area contributed by atoms with E-state index in [4.69, 9.17) is 4.74 Å². The number of benzene rings is 1. The lowest BCUT2D eigenvalue weighted by Crippen LogP contribution is -2.70. The number of allylic oxidation sites excluding steroid dienone is 1. The molecule has 0 aliphatic carbocycles. The maximum Gasteiger partial charge on any atom is 0.249 e. The molecule has 4 fully saturated rings. The minimum absolute atomic E-state index is 0.0393. The molecule has 6 atom stereocenters. The van der Waals surface area contributed by atoms with Gasteiger partial charge in [-0.25, -0.2) is 0 Å². The highest BCUT2D eigenvalue weighted by molar-refractivity contribution is 5.82. The van der Waals surface area contributed by atoms with Gasteiger partial charge in [0.05, 0.1) is 24.7 Å². The molecule has 7 rings (SSSR count). The average Bonchev–Trinajstić information content (AvgIpc) is 3.21. The van der Waals surface area contributed by atoms with Crippen LogP contribution >= 0.6 is 0 Å². The second kappa shape index (κ2) is 10.4. The summed E-state index contributed by atoms with van der Waals surface area (Å²) in [4.78, 5) is 28.6. The van der Waals surface area contributed by atoms with Crippen LogP contribution in [0, 0.1) is 5.92 Å². The van der Waals surface area contributed by atoms with Gasteiger partial charge in [0.2, 0.25) is 11.8 Å². The quantitative estimate of drug-likeness (QED) is 0.330. The molecule has 6 heterocycles. The summed E-state index contributed by atoms with van der Waals surface area (Å²) in [6.07, 6.45) is 7.34. The van der Waals surface area contributed by atoms with Crippen LogP contribution < -0.4 is 26.6 Å². The van der Waals surface area contributed by atoms with E-state index < -0.39 is 0 Å². The van der Waals surface area contributed by atoms with Gasteiger partial charge in [0, 0.05) is 36.9 Å². The topological polar surface area (TPSA) is 113 Å². The molecule has 2 amide bonds. The van der Waals surface area contributed by atoms with Crippen molar-refractivity contribution >= 4 is 17.5 Å². The van der Waals surface area contributed by atoms with Crippen molar-refractivity contribution in [1.29, 1.82) is 0 Å². The molecule has 1 aromatic rings. The molecule has 216 valence electrons. The number of morpholine rings is 1. The normalized spacial score (nSPS) is 36.5. The van der Waals surface area contributed by atoms with Crippen LogP contribution in [0.5, 0.6) is 0 Å². The predicted molar refractivity (Wildman–Crippen MR) is 151 cm³/mol. The third-order valence-electron chi connectivity index (χ3n) is 9.56. The maximum atomic E-state index is 13.7. The second-order valence-corrected chi connectivity index (χ2v) is 12.5. The molecule has 11 nitrogen and oxygen atoms in total. The zero-order valence-electron chi connectivity index (χ0n) is 23.5. The summed E-state index contributed by atoms with van der Waals surface area (Å²) in [6, 6.07) is 6.65. The number of piperidine rings is 1. The van der Waals surface area contributed by atoms with Gasteiger partial charge in [-0.15, -0.1) is 0 Å². The number of ether oxygens (including phenoxy) is 1. The fourth-order valence-electron chi connectivity index (χ4n) is 7.51. The van der Waals surface area contributed by atoms with Crippen molar-refractivity contribution in [3.8, 4) is 0 Å². The summed E-state index contributed by atoms with van der Waals surface area (Å²) in [5.41, 5.74) is 3.70. The van der Waals surface area contributed by atoms with Crippen LogP contribution in [0.15, 0.2) is 30.4 Å². The van der Waals surface area contributed by atoms with Gasteiger partial charge in [-0.05, 0) is 69.3 Å². The van der Waals surface area contributed by atoms with Crippen LogP contribution in [0.25, 0.3) is 0 Å². The SMILES string of the molecule is CC1(C)NCCc2ccc(NC3NCC4C(=O)N5C/C=C\CCCN6C(=O)COC7NCC(CC76)N5C4N3)cc21. The van der Waals surface area contributed by atoms with E-state index in [9.17, 15) is 9.59 Å². The molecular formula is C29H42N8O3. The molecular weight excluding hydrogens is 508 g/mol. The van der Waals surface area contributed by atoms with Crippen molar-refractivity contribution in [2.45, 2.75) is 75.8 Å². The van der Waals surface area contributed by atoms with Gasteiger partial charge in [-0.1, -0.05) is 18.2 Å². The molecule has 5 N–H and O–H groups in total. The number of carbonyl (C=O) groups excluding carboxylic acids is 2. The third-order valence-corrected chi connectivity index (χ3v) is 9.56. The van der Waals surface area contributed by atoms with Gasteiger partial charge in [-0.2, -0.15) is 5.01 Å². The van der Waals surface area contributed by atoms with Gasteiger partial charge in [0.15, 0.2) is 0 Å². The molecule has 1 aromatic carbocycles. The number of fused-ring (bicyclic) bond motifs is 6. The van der Waals surface area contributed by atoms with Crippen molar-refractivity contribution in [3.63, 3.8) is 0 Å². The number of hydrogen-bond acceptors (Lipinski definition) is 9. The van der Waals surface area contributed by atoms with E-state index in [0.29, 0.717) is 19.6 Å². The Morgan fingerprint density at radius 1 is 1.12 bits per heavy atom. The second-order valence-electron chi connectivity index (χ2n) is 12.5. The van der Waals surface area contributed by atoms with Crippen LogP contribution in [0.2, 0.25) is 0 Å². The third kappa shape index (κ3) is 4.62. The van der Waals surface area contributed by atoms with Gasteiger partial charge in [0.1, 0.15) is 19.1 Å². The number of hydrazine groups is 1. The summed E-state index contributed by atoms with van der Waals surface area (Å²) in [6.45, 7) is 8.16. The smallest absolute Gasteiger partial charge is 0.249 e. The molecule has 4 saturated heterocycles. The molecule has 2 bridgehead atoms.